The zero-order chi connectivity index (χ0) is 11.0. The summed E-state index contributed by atoms with van der Waals surface area (Å²) in [6, 6.07) is 1.30. The van der Waals surface area contributed by atoms with Crippen LogP contribution in [0.5, 0.6) is 0 Å². The molecule has 2 aliphatic rings. The molecule has 0 aromatic carbocycles. The molecule has 16 heavy (non-hydrogen) atoms. The highest BCUT2D eigenvalue weighted by molar-refractivity contribution is 5.26. The molecule has 6 nitrogen and oxygen atoms in total. The minimum Gasteiger partial charge on any atom is -0.407 e. The van der Waals surface area contributed by atoms with E-state index in [2.05, 4.69) is 20.0 Å². The van der Waals surface area contributed by atoms with Gasteiger partial charge in [-0.3, -0.25) is 4.90 Å². The Kier molecular flexibility index (Phi) is 2.53. The molecule has 2 aliphatic heterocycles. The van der Waals surface area contributed by atoms with Crippen LogP contribution in [0.1, 0.15) is 18.7 Å². The summed E-state index contributed by atoms with van der Waals surface area (Å²) in [5.74, 6) is 0.517. The number of hydrogen-bond donors (Lipinski definition) is 1. The smallest absolute Gasteiger partial charge is 0.318 e. The molecule has 88 valence electrons. The van der Waals surface area contributed by atoms with Gasteiger partial charge in [0.2, 0.25) is 5.89 Å². The first-order valence-electron chi connectivity index (χ1n) is 5.88. The molecular formula is C10H17N5O. The highest BCUT2D eigenvalue weighted by atomic mass is 16.4. The van der Waals surface area contributed by atoms with E-state index < -0.39 is 0 Å². The Morgan fingerprint density at radius 2 is 2.25 bits per heavy atom. The number of aromatic nitrogens is 2. The lowest BCUT2D eigenvalue weighted by Crippen LogP contribution is -2.50. The molecule has 2 fully saturated rings. The van der Waals surface area contributed by atoms with Gasteiger partial charge in [-0.05, 0) is 19.4 Å². The number of rotatable bonds is 2. The van der Waals surface area contributed by atoms with E-state index in [9.17, 15) is 0 Å². The van der Waals surface area contributed by atoms with Gasteiger partial charge < -0.3 is 15.1 Å². The lowest BCUT2D eigenvalue weighted by molar-refractivity contribution is 0.225. The molecule has 0 spiro atoms. The molecular weight excluding hydrogens is 206 g/mol. The number of anilines is 1. The van der Waals surface area contributed by atoms with Crippen molar-refractivity contribution in [1.82, 2.24) is 15.1 Å². The van der Waals surface area contributed by atoms with E-state index in [1.165, 1.54) is 19.4 Å². The van der Waals surface area contributed by atoms with Crippen molar-refractivity contribution in [1.29, 1.82) is 0 Å². The summed E-state index contributed by atoms with van der Waals surface area (Å²) in [7, 11) is 0. The van der Waals surface area contributed by atoms with Crippen molar-refractivity contribution in [2.45, 2.75) is 25.4 Å². The first-order valence-corrected chi connectivity index (χ1v) is 5.88. The molecule has 1 unspecified atom stereocenters. The normalized spacial score (nSPS) is 26.1. The molecule has 1 atom stereocenters. The topological polar surface area (TPSA) is 71.4 Å². The third kappa shape index (κ3) is 1.68. The first kappa shape index (κ1) is 10.0. The van der Waals surface area contributed by atoms with Gasteiger partial charge in [0.1, 0.15) is 0 Å². The van der Waals surface area contributed by atoms with Crippen molar-refractivity contribution in [3.05, 3.63) is 5.89 Å². The maximum absolute atomic E-state index is 5.48. The second-order valence-electron chi connectivity index (χ2n) is 4.46. The molecule has 0 saturated carbocycles. The predicted octanol–water partition coefficient (Wildman–Crippen LogP) is -0.187. The molecule has 2 saturated heterocycles. The van der Waals surface area contributed by atoms with Crippen molar-refractivity contribution in [3.8, 4) is 0 Å². The first-order chi connectivity index (χ1) is 7.86. The number of nitrogens with two attached hydrogens (primary N) is 1. The van der Waals surface area contributed by atoms with Crippen LogP contribution in [-0.2, 0) is 6.54 Å². The summed E-state index contributed by atoms with van der Waals surface area (Å²) in [5.41, 5.74) is 5.46. The fraction of sp³-hybridized carbons (Fsp3) is 0.800. The number of hydrogen-bond acceptors (Lipinski definition) is 6. The summed E-state index contributed by atoms with van der Waals surface area (Å²) in [6.07, 6.45) is 2.60. The molecule has 1 aromatic rings. The lowest BCUT2D eigenvalue weighted by atomic mass is 10.2. The van der Waals surface area contributed by atoms with E-state index >= 15 is 0 Å². The Bertz CT molecular complexity index is 366. The van der Waals surface area contributed by atoms with E-state index in [-0.39, 0.29) is 0 Å². The van der Waals surface area contributed by atoms with E-state index in [0.29, 0.717) is 24.5 Å². The van der Waals surface area contributed by atoms with Gasteiger partial charge in [-0.15, -0.1) is 5.10 Å². The Morgan fingerprint density at radius 1 is 1.31 bits per heavy atom. The molecule has 3 heterocycles. The summed E-state index contributed by atoms with van der Waals surface area (Å²) >= 11 is 0. The van der Waals surface area contributed by atoms with Crippen LogP contribution in [0.3, 0.4) is 0 Å². The van der Waals surface area contributed by atoms with Crippen molar-refractivity contribution >= 4 is 6.01 Å². The van der Waals surface area contributed by atoms with Crippen LogP contribution in [0, 0.1) is 0 Å². The fourth-order valence-electron chi connectivity index (χ4n) is 2.62. The Balaban J connectivity index is 1.71. The molecule has 6 heteroatoms. The van der Waals surface area contributed by atoms with Crippen LogP contribution in [0.4, 0.5) is 6.01 Å². The lowest BCUT2D eigenvalue weighted by Gasteiger charge is -2.36. The van der Waals surface area contributed by atoms with Crippen molar-refractivity contribution in [3.63, 3.8) is 0 Å². The summed E-state index contributed by atoms with van der Waals surface area (Å²) in [6.45, 7) is 4.65. The number of piperazine rings is 1. The monoisotopic (exact) mass is 223 g/mol. The van der Waals surface area contributed by atoms with Gasteiger partial charge in [-0.25, -0.2) is 0 Å². The number of nitrogens with zero attached hydrogens (tertiary/aromatic N) is 4. The third-order valence-corrected chi connectivity index (χ3v) is 3.49. The van der Waals surface area contributed by atoms with Crippen LogP contribution in [0.2, 0.25) is 0 Å². The molecule has 0 radical (unpaired) electrons. The second kappa shape index (κ2) is 4.03. The van der Waals surface area contributed by atoms with Gasteiger partial charge in [-0.2, -0.15) is 0 Å². The number of fused-ring (bicyclic) bond motifs is 1. The highest BCUT2D eigenvalue weighted by Crippen LogP contribution is 2.24. The third-order valence-electron chi connectivity index (χ3n) is 3.49. The largest absolute Gasteiger partial charge is 0.407 e. The molecule has 0 bridgehead atoms. The molecule has 0 aliphatic carbocycles. The summed E-state index contributed by atoms with van der Waals surface area (Å²) in [4.78, 5) is 4.73. The zero-order valence-electron chi connectivity index (χ0n) is 9.30. The van der Waals surface area contributed by atoms with Crippen LogP contribution >= 0.6 is 0 Å². The van der Waals surface area contributed by atoms with Crippen molar-refractivity contribution in [2.24, 2.45) is 5.73 Å². The average Bonchev–Trinajstić information content (AvgIpc) is 2.96. The Hall–Kier alpha value is -1.14. The van der Waals surface area contributed by atoms with Gasteiger partial charge >= 0.3 is 6.01 Å². The van der Waals surface area contributed by atoms with E-state index in [1.54, 1.807) is 0 Å². The maximum atomic E-state index is 5.48. The van der Waals surface area contributed by atoms with Gasteiger partial charge in [0, 0.05) is 25.7 Å². The van der Waals surface area contributed by atoms with Gasteiger partial charge in [0.25, 0.3) is 0 Å². The van der Waals surface area contributed by atoms with Crippen LogP contribution in [0.25, 0.3) is 0 Å². The molecule has 1 aromatic heterocycles. The zero-order valence-corrected chi connectivity index (χ0v) is 9.30. The molecule has 2 N–H and O–H groups in total. The SMILES string of the molecule is NCc1nnc(N2CCN3CCCC3C2)o1. The highest BCUT2D eigenvalue weighted by Gasteiger charge is 2.32. The van der Waals surface area contributed by atoms with Crippen molar-refractivity contribution in [2.75, 3.05) is 31.1 Å². The summed E-state index contributed by atoms with van der Waals surface area (Å²) in [5, 5.41) is 7.93. The van der Waals surface area contributed by atoms with Gasteiger partial charge in [-0.1, -0.05) is 5.10 Å². The molecule has 3 rings (SSSR count). The maximum Gasteiger partial charge on any atom is 0.318 e. The van der Waals surface area contributed by atoms with Crippen molar-refractivity contribution < 1.29 is 4.42 Å². The minimum absolute atomic E-state index is 0.316. The van der Waals surface area contributed by atoms with Crippen LogP contribution < -0.4 is 10.6 Å². The fourth-order valence-corrected chi connectivity index (χ4v) is 2.62. The van der Waals surface area contributed by atoms with Gasteiger partial charge in [0.05, 0.1) is 6.54 Å². The predicted molar refractivity (Wildman–Crippen MR) is 59.0 cm³/mol. The molecule has 0 amide bonds. The van der Waals surface area contributed by atoms with Crippen LogP contribution in [0.15, 0.2) is 4.42 Å². The minimum atomic E-state index is 0.316. The standard InChI is InChI=1S/C10H17N5O/c11-6-9-12-13-10(16-9)15-5-4-14-3-1-2-8(14)7-15/h8H,1-7,11H2. The second-order valence-corrected chi connectivity index (χ2v) is 4.46. The van der Waals surface area contributed by atoms with Gasteiger partial charge in [0.15, 0.2) is 0 Å². The van der Waals surface area contributed by atoms with E-state index in [1.807, 2.05) is 0 Å². The summed E-state index contributed by atoms with van der Waals surface area (Å²) < 4.78 is 5.48. The van der Waals surface area contributed by atoms with Crippen LogP contribution in [-0.4, -0.2) is 47.3 Å². The van der Waals surface area contributed by atoms with E-state index in [4.69, 9.17) is 10.2 Å². The van der Waals surface area contributed by atoms with E-state index in [0.717, 1.165) is 19.6 Å². The Morgan fingerprint density at radius 3 is 3.06 bits per heavy atom. The Labute approximate surface area is 94.4 Å². The average molecular weight is 223 g/mol. The quantitative estimate of drug-likeness (QED) is 0.749.